The van der Waals surface area contributed by atoms with Crippen molar-refractivity contribution < 1.29 is 17.7 Å². The minimum atomic E-state index is -4.66. The maximum absolute atomic E-state index is 12.2. The van der Waals surface area contributed by atoms with Crippen LogP contribution in [0.15, 0.2) is 10.7 Å². The molecule has 2 aromatic heterocycles. The number of anilines is 1. The molecule has 0 fully saturated rings. The molecule has 0 saturated carbocycles. The SMILES string of the molecule is Cc1ncc(-c2nc(C(F)(F)F)no2)c(N)n1. The van der Waals surface area contributed by atoms with Crippen LogP contribution in [-0.2, 0) is 6.18 Å². The molecule has 0 aliphatic heterocycles. The molecule has 0 atom stereocenters. The third kappa shape index (κ3) is 2.17. The zero-order valence-electron chi connectivity index (χ0n) is 8.49. The molecule has 0 aromatic carbocycles. The van der Waals surface area contributed by atoms with E-state index >= 15 is 0 Å². The lowest BCUT2D eigenvalue weighted by atomic mass is 10.3. The van der Waals surface area contributed by atoms with Crippen molar-refractivity contribution in [2.24, 2.45) is 0 Å². The second kappa shape index (κ2) is 3.68. The van der Waals surface area contributed by atoms with Gasteiger partial charge in [0.2, 0.25) is 0 Å². The molecule has 0 amide bonds. The predicted molar refractivity (Wildman–Crippen MR) is 49.5 cm³/mol. The third-order valence-corrected chi connectivity index (χ3v) is 1.85. The third-order valence-electron chi connectivity index (χ3n) is 1.85. The minimum Gasteiger partial charge on any atom is -0.383 e. The largest absolute Gasteiger partial charge is 0.455 e. The molecule has 2 heterocycles. The van der Waals surface area contributed by atoms with Gasteiger partial charge in [0.1, 0.15) is 17.2 Å². The summed E-state index contributed by atoms with van der Waals surface area (Å²) < 4.78 is 41.2. The average Bonchev–Trinajstić information content (AvgIpc) is 2.65. The fraction of sp³-hybridized carbons (Fsp3) is 0.250. The van der Waals surface area contributed by atoms with Crippen LogP contribution in [-0.4, -0.2) is 20.1 Å². The molecule has 9 heteroatoms. The molecule has 0 unspecified atom stereocenters. The second-order valence-corrected chi connectivity index (χ2v) is 3.14. The van der Waals surface area contributed by atoms with Crippen molar-refractivity contribution in [3.63, 3.8) is 0 Å². The van der Waals surface area contributed by atoms with Gasteiger partial charge in [-0.1, -0.05) is 5.16 Å². The Bertz CT molecular complexity index is 550. The number of halogens is 3. The molecule has 0 aliphatic carbocycles. The Balaban J connectivity index is 2.44. The summed E-state index contributed by atoms with van der Waals surface area (Å²) in [5.74, 6) is -1.36. The van der Waals surface area contributed by atoms with Gasteiger partial charge in [-0.15, -0.1) is 0 Å². The number of rotatable bonds is 1. The molecule has 2 N–H and O–H groups in total. The first kappa shape index (κ1) is 11.3. The lowest BCUT2D eigenvalue weighted by Crippen LogP contribution is -2.07. The van der Waals surface area contributed by atoms with E-state index in [2.05, 4.69) is 24.6 Å². The molecular weight excluding hydrogens is 239 g/mol. The van der Waals surface area contributed by atoms with Crippen molar-refractivity contribution in [1.82, 2.24) is 20.1 Å². The second-order valence-electron chi connectivity index (χ2n) is 3.14. The number of alkyl halides is 3. The van der Waals surface area contributed by atoms with Crippen molar-refractivity contribution in [3.05, 3.63) is 17.8 Å². The normalized spacial score (nSPS) is 11.8. The van der Waals surface area contributed by atoms with Gasteiger partial charge < -0.3 is 10.3 Å². The first-order valence-electron chi connectivity index (χ1n) is 4.38. The Morgan fingerprint density at radius 2 is 2.00 bits per heavy atom. The van der Waals surface area contributed by atoms with Gasteiger partial charge in [-0.3, -0.25) is 0 Å². The molecule has 0 aliphatic rings. The maximum Gasteiger partial charge on any atom is 0.455 e. The Hall–Kier alpha value is -2.19. The molecule has 6 nitrogen and oxygen atoms in total. The van der Waals surface area contributed by atoms with Crippen LogP contribution in [0.25, 0.3) is 11.5 Å². The molecule has 0 bridgehead atoms. The molecule has 0 spiro atoms. The van der Waals surface area contributed by atoms with E-state index in [1.807, 2.05) is 0 Å². The van der Waals surface area contributed by atoms with Crippen LogP contribution >= 0.6 is 0 Å². The quantitative estimate of drug-likeness (QED) is 0.817. The number of aryl methyl sites for hydroxylation is 1. The molecule has 0 radical (unpaired) electrons. The van der Waals surface area contributed by atoms with Crippen LogP contribution in [0.1, 0.15) is 11.6 Å². The summed E-state index contributed by atoms with van der Waals surface area (Å²) in [6, 6.07) is 0. The summed E-state index contributed by atoms with van der Waals surface area (Å²) in [6.45, 7) is 1.59. The van der Waals surface area contributed by atoms with Crippen LogP contribution in [0, 0.1) is 6.92 Å². The van der Waals surface area contributed by atoms with Gasteiger partial charge in [0.25, 0.3) is 11.7 Å². The van der Waals surface area contributed by atoms with E-state index in [0.717, 1.165) is 0 Å². The fourth-order valence-corrected chi connectivity index (χ4v) is 1.10. The number of nitrogen functional groups attached to an aromatic ring is 1. The van der Waals surface area contributed by atoms with E-state index in [4.69, 9.17) is 5.73 Å². The topological polar surface area (TPSA) is 90.7 Å². The highest BCUT2D eigenvalue weighted by Crippen LogP contribution is 2.29. The highest BCUT2D eigenvalue weighted by molar-refractivity contribution is 5.65. The predicted octanol–water partition coefficient (Wildman–Crippen LogP) is 1.44. The minimum absolute atomic E-state index is 0.0186. The molecule has 2 aromatic rings. The van der Waals surface area contributed by atoms with Crippen molar-refractivity contribution >= 4 is 5.82 Å². The first-order chi connectivity index (χ1) is 7.88. The summed E-state index contributed by atoms with van der Waals surface area (Å²) in [7, 11) is 0. The zero-order chi connectivity index (χ0) is 12.6. The van der Waals surface area contributed by atoms with Crippen molar-refractivity contribution in [1.29, 1.82) is 0 Å². The van der Waals surface area contributed by atoms with Gasteiger partial charge in [-0.25, -0.2) is 9.97 Å². The molecule has 17 heavy (non-hydrogen) atoms. The first-order valence-corrected chi connectivity index (χ1v) is 4.38. The fourth-order valence-electron chi connectivity index (χ4n) is 1.10. The van der Waals surface area contributed by atoms with Crippen LogP contribution in [0.4, 0.5) is 19.0 Å². The summed E-state index contributed by atoms with van der Waals surface area (Å²) in [5, 5.41) is 2.81. The van der Waals surface area contributed by atoms with E-state index in [0.29, 0.717) is 5.82 Å². The number of hydrogen-bond donors (Lipinski definition) is 1. The zero-order valence-corrected chi connectivity index (χ0v) is 8.49. The summed E-state index contributed by atoms with van der Waals surface area (Å²) in [6.07, 6.45) is -3.44. The van der Waals surface area contributed by atoms with Crippen molar-refractivity contribution in [3.8, 4) is 11.5 Å². The molecular formula is C8H6F3N5O. The van der Waals surface area contributed by atoms with Gasteiger partial charge in [0, 0.05) is 6.20 Å². The maximum atomic E-state index is 12.2. The number of nitrogens with zero attached hydrogens (tertiary/aromatic N) is 4. The van der Waals surface area contributed by atoms with E-state index in [1.165, 1.54) is 6.20 Å². The van der Waals surface area contributed by atoms with Crippen LogP contribution < -0.4 is 5.73 Å². The van der Waals surface area contributed by atoms with Gasteiger partial charge >= 0.3 is 6.18 Å². The number of hydrogen-bond acceptors (Lipinski definition) is 6. The van der Waals surface area contributed by atoms with Crippen LogP contribution in [0.3, 0.4) is 0 Å². The van der Waals surface area contributed by atoms with Gasteiger partial charge in [-0.2, -0.15) is 18.2 Å². The standard InChI is InChI=1S/C8H6F3N5O/c1-3-13-2-4(5(12)14-3)6-15-7(16-17-6)8(9,10)11/h2H,1H3,(H2,12,13,14). The van der Waals surface area contributed by atoms with Gasteiger partial charge in [0.15, 0.2) is 0 Å². The number of nitrogens with two attached hydrogens (primary N) is 1. The highest BCUT2D eigenvalue weighted by Gasteiger charge is 2.37. The smallest absolute Gasteiger partial charge is 0.383 e. The summed E-state index contributed by atoms with van der Waals surface area (Å²) >= 11 is 0. The Morgan fingerprint density at radius 3 is 2.53 bits per heavy atom. The number of aromatic nitrogens is 4. The van der Waals surface area contributed by atoms with E-state index < -0.39 is 12.0 Å². The van der Waals surface area contributed by atoms with E-state index in [1.54, 1.807) is 6.92 Å². The van der Waals surface area contributed by atoms with Crippen LogP contribution in [0.2, 0.25) is 0 Å². The molecule has 2 rings (SSSR count). The Morgan fingerprint density at radius 1 is 1.29 bits per heavy atom. The Kier molecular flexibility index (Phi) is 2.45. The van der Waals surface area contributed by atoms with Crippen molar-refractivity contribution in [2.45, 2.75) is 13.1 Å². The lowest BCUT2D eigenvalue weighted by molar-refractivity contribution is -0.146. The summed E-state index contributed by atoms with van der Waals surface area (Å²) in [5.41, 5.74) is 5.58. The average molecular weight is 245 g/mol. The molecule has 0 saturated heterocycles. The Labute approximate surface area is 92.7 Å². The lowest BCUT2D eigenvalue weighted by Gasteiger charge is -1.99. The van der Waals surface area contributed by atoms with Gasteiger partial charge in [-0.05, 0) is 6.92 Å². The summed E-state index contributed by atoms with van der Waals surface area (Å²) in [4.78, 5) is 10.7. The highest BCUT2D eigenvalue weighted by atomic mass is 19.4. The van der Waals surface area contributed by atoms with Gasteiger partial charge in [0.05, 0.1) is 0 Å². The van der Waals surface area contributed by atoms with Crippen molar-refractivity contribution in [2.75, 3.05) is 5.73 Å². The molecule has 90 valence electrons. The van der Waals surface area contributed by atoms with Crippen LogP contribution in [0.5, 0.6) is 0 Å². The monoisotopic (exact) mass is 245 g/mol. The van der Waals surface area contributed by atoms with E-state index in [9.17, 15) is 13.2 Å². The van der Waals surface area contributed by atoms with E-state index in [-0.39, 0.29) is 17.3 Å².